The van der Waals surface area contributed by atoms with Gasteiger partial charge in [-0.15, -0.1) is 0 Å². The summed E-state index contributed by atoms with van der Waals surface area (Å²) in [5, 5.41) is 0.853. The number of benzene rings is 2. The number of nitrogens with zero attached hydrogens (tertiary/aromatic N) is 2. The Kier molecular flexibility index (Phi) is 4.16. The topological polar surface area (TPSA) is 69.7 Å². The molecule has 1 heterocycles. The summed E-state index contributed by atoms with van der Waals surface area (Å²) in [6.07, 6.45) is 1.52. The second-order valence-corrected chi connectivity index (χ2v) is 6.62. The number of imide groups is 1. The molecule has 1 fully saturated rings. The molecular formula is C20H19N3O3. The minimum absolute atomic E-state index is 0.0325. The quantitative estimate of drug-likeness (QED) is 0.861. The Morgan fingerprint density at radius 2 is 1.77 bits per heavy atom. The molecule has 6 nitrogen and oxygen atoms in total. The van der Waals surface area contributed by atoms with Crippen molar-refractivity contribution in [2.45, 2.75) is 25.3 Å². The Morgan fingerprint density at radius 3 is 2.58 bits per heavy atom. The van der Waals surface area contributed by atoms with Gasteiger partial charge in [0.2, 0.25) is 5.91 Å². The Bertz CT molecular complexity index is 866. The molecule has 0 unspecified atom stereocenters. The van der Waals surface area contributed by atoms with Crippen LogP contribution in [0.3, 0.4) is 0 Å². The highest BCUT2D eigenvalue weighted by Crippen LogP contribution is 2.33. The lowest BCUT2D eigenvalue weighted by Gasteiger charge is -2.20. The zero-order chi connectivity index (χ0) is 18.1. The van der Waals surface area contributed by atoms with Gasteiger partial charge < -0.3 is 4.90 Å². The summed E-state index contributed by atoms with van der Waals surface area (Å²) in [5.74, 6) is -1.04. The summed E-state index contributed by atoms with van der Waals surface area (Å²) in [6.45, 7) is 0.305. The van der Waals surface area contributed by atoms with Gasteiger partial charge in [-0.3, -0.25) is 15.0 Å². The molecule has 0 bridgehead atoms. The van der Waals surface area contributed by atoms with E-state index in [-0.39, 0.29) is 18.4 Å². The van der Waals surface area contributed by atoms with Crippen molar-refractivity contribution in [1.82, 2.24) is 15.3 Å². The molecule has 1 N–H and O–H groups in total. The SMILES string of the molecule is O=C(NN1C(=O)CN(Cc2ccccc2)C1=O)[C@H]1CCc2ccccc21. The number of hydrogen-bond acceptors (Lipinski definition) is 3. The molecule has 0 spiro atoms. The van der Waals surface area contributed by atoms with Gasteiger partial charge in [-0.25, -0.2) is 4.79 Å². The molecule has 6 heteroatoms. The van der Waals surface area contributed by atoms with Crippen LogP contribution < -0.4 is 5.43 Å². The number of carbonyl (C=O) groups is 3. The number of carbonyl (C=O) groups excluding carboxylic acids is 3. The van der Waals surface area contributed by atoms with Gasteiger partial charge in [-0.2, -0.15) is 5.01 Å². The summed E-state index contributed by atoms with van der Waals surface area (Å²) in [4.78, 5) is 38.8. The number of urea groups is 1. The minimum atomic E-state index is -0.488. The van der Waals surface area contributed by atoms with Gasteiger partial charge in [-0.1, -0.05) is 54.6 Å². The monoisotopic (exact) mass is 349 g/mol. The fourth-order valence-electron chi connectivity index (χ4n) is 3.60. The van der Waals surface area contributed by atoms with Crippen molar-refractivity contribution >= 4 is 17.8 Å². The molecule has 0 aromatic heterocycles. The molecule has 1 aliphatic carbocycles. The molecule has 0 radical (unpaired) electrons. The molecule has 0 saturated carbocycles. The molecule has 1 aliphatic heterocycles. The van der Waals surface area contributed by atoms with E-state index in [0.717, 1.165) is 28.1 Å². The van der Waals surface area contributed by atoms with Gasteiger partial charge in [0.1, 0.15) is 6.54 Å². The minimum Gasteiger partial charge on any atom is -0.309 e. The number of rotatable bonds is 4. The van der Waals surface area contributed by atoms with Crippen molar-refractivity contribution in [3.63, 3.8) is 0 Å². The van der Waals surface area contributed by atoms with Crippen LogP contribution in [0.25, 0.3) is 0 Å². The Morgan fingerprint density at radius 1 is 1.04 bits per heavy atom. The Hall–Kier alpha value is -3.15. The highest BCUT2D eigenvalue weighted by atomic mass is 16.2. The Balaban J connectivity index is 1.44. The first-order valence-electron chi connectivity index (χ1n) is 8.67. The van der Waals surface area contributed by atoms with E-state index in [1.54, 1.807) is 0 Å². The second-order valence-electron chi connectivity index (χ2n) is 6.62. The third kappa shape index (κ3) is 2.94. The van der Waals surface area contributed by atoms with Crippen molar-refractivity contribution < 1.29 is 14.4 Å². The lowest BCUT2D eigenvalue weighted by atomic mass is 10.0. The maximum atomic E-state index is 12.6. The van der Waals surface area contributed by atoms with Crippen LogP contribution in [0.1, 0.15) is 29.0 Å². The van der Waals surface area contributed by atoms with Crippen molar-refractivity contribution in [1.29, 1.82) is 0 Å². The summed E-state index contributed by atoms with van der Waals surface area (Å²) in [7, 11) is 0. The average Bonchev–Trinajstić information content (AvgIpc) is 3.19. The number of hydrazine groups is 1. The van der Waals surface area contributed by atoms with Crippen molar-refractivity contribution in [2.24, 2.45) is 0 Å². The lowest BCUT2D eigenvalue weighted by molar-refractivity contribution is -0.135. The van der Waals surface area contributed by atoms with Gasteiger partial charge in [0.15, 0.2) is 0 Å². The number of fused-ring (bicyclic) bond motifs is 1. The van der Waals surface area contributed by atoms with Crippen LogP contribution >= 0.6 is 0 Å². The highest BCUT2D eigenvalue weighted by Gasteiger charge is 2.39. The van der Waals surface area contributed by atoms with E-state index in [0.29, 0.717) is 13.0 Å². The summed E-state index contributed by atoms with van der Waals surface area (Å²) in [5.41, 5.74) is 5.59. The second kappa shape index (κ2) is 6.63. The van der Waals surface area contributed by atoms with Crippen molar-refractivity contribution in [3.8, 4) is 0 Å². The van der Waals surface area contributed by atoms with Gasteiger partial charge in [0.25, 0.3) is 5.91 Å². The first-order chi connectivity index (χ1) is 12.6. The van der Waals surface area contributed by atoms with Crippen molar-refractivity contribution in [2.75, 3.05) is 6.54 Å². The number of hydrogen-bond donors (Lipinski definition) is 1. The molecule has 132 valence electrons. The predicted octanol–water partition coefficient (Wildman–Crippen LogP) is 2.21. The third-order valence-corrected chi connectivity index (χ3v) is 4.92. The summed E-state index contributed by atoms with van der Waals surface area (Å²) < 4.78 is 0. The van der Waals surface area contributed by atoms with E-state index in [4.69, 9.17) is 0 Å². The molecule has 1 atom stereocenters. The van der Waals surface area contributed by atoms with Crippen LogP contribution in [0.5, 0.6) is 0 Å². The van der Waals surface area contributed by atoms with Crippen LogP contribution in [-0.2, 0) is 22.6 Å². The lowest BCUT2D eigenvalue weighted by Crippen LogP contribution is -2.48. The summed E-state index contributed by atoms with van der Waals surface area (Å²) >= 11 is 0. The summed E-state index contributed by atoms with van der Waals surface area (Å²) in [6, 6.07) is 16.8. The molecule has 4 rings (SSSR count). The maximum absolute atomic E-state index is 12.6. The van der Waals surface area contributed by atoms with Crippen LogP contribution in [0.15, 0.2) is 54.6 Å². The molecule has 1 saturated heterocycles. The third-order valence-electron chi connectivity index (χ3n) is 4.92. The average molecular weight is 349 g/mol. The van der Waals surface area contributed by atoms with E-state index in [1.807, 2.05) is 54.6 Å². The number of nitrogens with one attached hydrogen (secondary N) is 1. The normalized spacial score (nSPS) is 19.0. The first-order valence-corrected chi connectivity index (χ1v) is 8.67. The van der Waals surface area contributed by atoms with Gasteiger partial charge in [0.05, 0.1) is 5.92 Å². The van der Waals surface area contributed by atoms with E-state index in [9.17, 15) is 14.4 Å². The van der Waals surface area contributed by atoms with Crippen LogP contribution in [0, 0.1) is 0 Å². The van der Waals surface area contributed by atoms with Crippen LogP contribution in [-0.4, -0.2) is 34.3 Å². The zero-order valence-electron chi connectivity index (χ0n) is 14.2. The first kappa shape index (κ1) is 16.3. The smallest absolute Gasteiger partial charge is 0.309 e. The predicted molar refractivity (Wildman–Crippen MR) is 94.7 cm³/mol. The van der Waals surface area contributed by atoms with Gasteiger partial charge >= 0.3 is 6.03 Å². The Labute approximate surface area is 151 Å². The van der Waals surface area contributed by atoms with Gasteiger partial charge in [0, 0.05) is 6.54 Å². The zero-order valence-corrected chi connectivity index (χ0v) is 14.2. The van der Waals surface area contributed by atoms with E-state index < -0.39 is 11.9 Å². The fraction of sp³-hybridized carbons (Fsp3) is 0.250. The van der Waals surface area contributed by atoms with Gasteiger partial charge in [-0.05, 0) is 29.5 Å². The molecule has 2 aromatic carbocycles. The van der Waals surface area contributed by atoms with Crippen LogP contribution in [0.4, 0.5) is 4.79 Å². The highest BCUT2D eigenvalue weighted by molar-refractivity contribution is 6.03. The van der Waals surface area contributed by atoms with E-state index in [2.05, 4.69) is 5.43 Å². The van der Waals surface area contributed by atoms with Crippen LogP contribution in [0.2, 0.25) is 0 Å². The molecule has 2 aliphatic rings. The number of amides is 4. The van der Waals surface area contributed by atoms with Crippen molar-refractivity contribution in [3.05, 3.63) is 71.3 Å². The van der Waals surface area contributed by atoms with E-state index >= 15 is 0 Å². The largest absolute Gasteiger partial charge is 0.346 e. The fourth-order valence-corrected chi connectivity index (χ4v) is 3.60. The maximum Gasteiger partial charge on any atom is 0.346 e. The standard InChI is InChI=1S/C20H19N3O3/c24-18-13-22(12-14-6-2-1-3-7-14)20(26)23(18)21-19(25)17-11-10-15-8-4-5-9-16(15)17/h1-9,17H,10-13H2,(H,21,25)/t17-/m0/s1. The molecule has 26 heavy (non-hydrogen) atoms. The number of aryl methyl sites for hydroxylation is 1. The molecule has 2 aromatic rings. The molecular weight excluding hydrogens is 330 g/mol. The molecule has 4 amide bonds. The van der Waals surface area contributed by atoms with E-state index in [1.165, 1.54) is 4.90 Å².